The second-order valence-corrected chi connectivity index (χ2v) is 7.02. The van der Waals surface area contributed by atoms with Gasteiger partial charge in [0.25, 0.3) is 10.0 Å². The van der Waals surface area contributed by atoms with Crippen LogP contribution in [0.2, 0.25) is 0 Å². The normalized spacial score (nSPS) is 11.4. The molecule has 2 rings (SSSR count). The molecule has 0 spiro atoms. The van der Waals surface area contributed by atoms with E-state index in [1.165, 1.54) is 12.1 Å². The molecule has 1 N–H and O–H groups in total. The molecule has 0 bridgehead atoms. The number of aryl methyl sites for hydroxylation is 2. The van der Waals surface area contributed by atoms with Crippen LogP contribution < -0.4 is 4.72 Å². The zero-order chi connectivity index (χ0) is 14.9. The lowest BCUT2D eigenvalue weighted by Crippen LogP contribution is -2.16. The monoisotopic (exact) mass is 357 g/mol. The van der Waals surface area contributed by atoms with Crippen LogP contribution >= 0.6 is 15.9 Å². The zero-order valence-corrected chi connectivity index (χ0v) is 13.3. The van der Waals surface area contributed by atoms with Gasteiger partial charge in [0.05, 0.1) is 4.90 Å². The Morgan fingerprint density at radius 3 is 2.05 bits per heavy atom. The van der Waals surface area contributed by atoms with E-state index in [2.05, 4.69) is 20.7 Å². The van der Waals surface area contributed by atoms with Crippen molar-refractivity contribution in [3.05, 3.63) is 57.8 Å². The number of anilines is 1. The Bertz CT molecular complexity index is 719. The van der Waals surface area contributed by atoms with Crippen LogP contribution in [0.15, 0.2) is 45.8 Å². The standard InChI is InChI=1S/C14H13BrFNO2S/c1-9-7-12(16)8-10(2)14(9)20(18,19)17-13-5-3-11(15)4-6-13/h3-8,17H,1-2H3. The number of sulfonamides is 1. The fraction of sp³-hybridized carbons (Fsp3) is 0.143. The second kappa shape index (κ2) is 5.54. The van der Waals surface area contributed by atoms with Crippen LogP contribution in [-0.4, -0.2) is 8.42 Å². The maximum absolute atomic E-state index is 13.2. The summed E-state index contributed by atoms with van der Waals surface area (Å²) < 4.78 is 41.4. The zero-order valence-electron chi connectivity index (χ0n) is 10.9. The highest BCUT2D eigenvalue weighted by Crippen LogP contribution is 2.24. The van der Waals surface area contributed by atoms with Crippen molar-refractivity contribution < 1.29 is 12.8 Å². The van der Waals surface area contributed by atoms with Gasteiger partial charge < -0.3 is 0 Å². The number of halogens is 2. The molecule has 0 atom stereocenters. The van der Waals surface area contributed by atoms with Crippen LogP contribution in [0.4, 0.5) is 10.1 Å². The highest BCUT2D eigenvalue weighted by Gasteiger charge is 2.20. The largest absolute Gasteiger partial charge is 0.280 e. The summed E-state index contributed by atoms with van der Waals surface area (Å²) >= 11 is 3.28. The lowest BCUT2D eigenvalue weighted by molar-refractivity contribution is 0.597. The van der Waals surface area contributed by atoms with Gasteiger partial charge in [-0.3, -0.25) is 4.72 Å². The molecule has 0 aromatic heterocycles. The average Bonchev–Trinajstić information content (AvgIpc) is 2.30. The molecule has 0 aliphatic carbocycles. The van der Waals surface area contributed by atoms with Crippen LogP contribution in [0.25, 0.3) is 0 Å². The van der Waals surface area contributed by atoms with E-state index < -0.39 is 15.8 Å². The lowest BCUT2D eigenvalue weighted by Gasteiger charge is -2.13. The SMILES string of the molecule is Cc1cc(F)cc(C)c1S(=O)(=O)Nc1ccc(Br)cc1. The quantitative estimate of drug-likeness (QED) is 0.901. The van der Waals surface area contributed by atoms with E-state index in [1.54, 1.807) is 38.1 Å². The summed E-state index contributed by atoms with van der Waals surface area (Å²) in [5.41, 5.74) is 1.22. The highest BCUT2D eigenvalue weighted by molar-refractivity contribution is 9.10. The third kappa shape index (κ3) is 3.19. The molecule has 0 saturated heterocycles. The van der Waals surface area contributed by atoms with Gasteiger partial charge in [-0.25, -0.2) is 12.8 Å². The molecule has 0 radical (unpaired) electrons. The first kappa shape index (κ1) is 15.0. The van der Waals surface area contributed by atoms with Gasteiger partial charge in [-0.05, 0) is 61.4 Å². The number of benzene rings is 2. The fourth-order valence-electron chi connectivity index (χ4n) is 2.05. The molecule has 0 aliphatic heterocycles. The molecule has 3 nitrogen and oxygen atoms in total. The fourth-order valence-corrected chi connectivity index (χ4v) is 3.82. The first-order valence-corrected chi connectivity index (χ1v) is 8.12. The Morgan fingerprint density at radius 1 is 1.05 bits per heavy atom. The maximum atomic E-state index is 13.2. The molecule has 0 unspecified atom stereocenters. The van der Waals surface area contributed by atoms with E-state index in [-0.39, 0.29) is 4.90 Å². The van der Waals surface area contributed by atoms with Crippen LogP contribution in [0.1, 0.15) is 11.1 Å². The molecule has 20 heavy (non-hydrogen) atoms. The average molecular weight is 358 g/mol. The topological polar surface area (TPSA) is 46.2 Å². The summed E-state index contributed by atoms with van der Waals surface area (Å²) in [6, 6.07) is 9.20. The molecule has 106 valence electrons. The summed E-state index contributed by atoms with van der Waals surface area (Å²) in [6.45, 7) is 3.15. The highest BCUT2D eigenvalue weighted by atomic mass is 79.9. The van der Waals surface area contributed by atoms with Crippen LogP contribution in [-0.2, 0) is 10.0 Å². The number of hydrogen-bond donors (Lipinski definition) is 1. The number of nitrogens with one attached hydrogen (secondary N) is 1. The molecular formula is C14H13BrFNO2S. The Labute approximate surface area is 126 Å². The van der Waals surface area contributed by atoms with E-state index >= 15 is 0 Å². The number of hydrogen-bond acceptors (Lipinski definition) is 2. The maximum Gasteiger partial charge on any atom is 0.262 e. The van der Waals surface area contributed by atoms with Gasteiger partial charge in [0.15, 0.2) is 0 Å². The molecule has 0 aliphatic rings. The van der Waals surface area contributed by atoms with Crippen molar-refractivity contribution in [2.75, 3.05) is 4.72 Å². The first-order valence-electron chi connectivity index (χ1n) is 5.85. The van der Waals surface area contributed by atoms with Gasteiger partial charge in [0.1, 0.15) is 5.82 Å². The van der Waals surface area contributed by atoms with E-state index in [0.717, 1.165) is 4.47 Å². The van der Waals surface area contributed by atoms with E-state index in [9.17, 15) is 12.8 Å². The van der Waals surface area contributed by atoms with Crippen LogP contribution in [0.5, 0.6) is 0 Å². The van der Waals surface area contributed by atoms with Gasteiger partial charge in [0.2, 0.25) is 0 Å². The van der Waals surface area contributed by atoms with Crippen LogP contribution in [0, 0.1) is 19.7 Å². The van der Waals surface area contributed by atoms with Crippen molar-refractivity contribution in [2.45, 2.75) is 18.7 Å². The van der Waals surface area contributed by atoms with Gasteiger partial charge >= 0.3 is 0 Å². The van der Waals surface area contributed by atoms with Crippen molar-refractivity contribution >= 4 is 31.6 Å². The molecule has 2 aromatic carbocycles. The van der Waals surface area contributed by atoms with Crippen molar-refractivity contribution in [1.82, 2.24) is 0 Å². The van der Waals surface area contributed by atoms with Crippen molar-refractivity contribution in [3.63, 3.8) is 0 Å². The summed E-state index contributed by atoms with van der Waals surface area (Å²) in [6.07, 6.45) is 0. The minimum Gasteiger partial charge on any atom is -0.280 e. The molecule has 0 heterocycles. The predicted molar refractivity (Wildman–Crippen MR) is 80.8 cm³/mol. The smallest absolute Gasteiger partial charge is 0.262 e. The molecule has 0 saturated carbocycles. The minimum absolute atomic E-state index is 0.113. The summed E-state index contributed by atoms with van der Waals surface area (Å²) in [4.78, 5) is 0.113. The Morgan fingerprint density at radius 2 is 1.55 bits per heavy atom. The summed E-state index contributed by atoms with van der Waals surface area (Å²) in [5.74, 6) is -0.442. The second-order valence-electron chi connectivity index (χ2n) is 4.48. The van der Waals surface area contributed by atoms with Gasteiger partial charge in [-0.1, -0.05) is 15.9 Å². The molecule has 2 aromatic rings. The van der Waals surface area contributed by atoms with Crippen LogP contribution in [0.3, 0.4) is 0 Å². The molecule has 0 fully saturated rings. The molecule has 0 amide bonds. The van der Waals surface area contributed by atoms with Crippen molar-refractivity contribution in [1.29, 1.82) is 0 Å². The lowest BCUT2D eigenvalue weighted by atomic mass is 10.1. The predicted octanol–water partition coefficient (Wildman–Crippen LogP) is 4.01. The Hall–Kier alpha value is -1.40. The Balaban J connectivity index is 2.43. The molecule has 6 heteroatoms. The van der Waals surface area contributed by atoms with E-state index in [4.69, 9.17) is 0 Å². The van der Waals surface area contributed by atoms with Gasteiger partial charge in [-0.2, -0.15) is 0 Å². The van der Waals surface area contributed by atoms with Crippen molar-refractivity contribution in [3.8, 4) is 0 Å². The third-order valence-corrected chi connectivity index (χ3v) is 5.00. The van der Waals surface area contributed by atoms with Crippen molar-refractivity contribution in [2.24, 2.45) is 0 Å². The molecular weight excluding hydrogens is 345 g/mol. The number of rotatable bonds is 3. The van der Waals surface area contributed by atoms with Gasteiger partial charge in [-0.15, -0.1) is 0 Å². The van der Waals surface area contributed by atoms with Gasteiger partial charge in [0, 0.05) is 10.2 Å². The minimum atomic E-state index is -3.74. The Kier molecular flexibility index (Phi) is 4.15. The van der Waals surface area contributed by atoms with E-state index in [1.807, 2.05) is 0 Å². The summed E-state index contributed by atoms with van der Waals surface area (Å²) in [7, 11) is -3.74. The van der Waals surface area contributed by atoms with E-state index in [0.29, 0.717) is 16.8 Å². The summed E-state index contributed by atoms with van der Waals surface area (Å²) in [5, 5.41) is 0. The third-order valence-electron chi connectivity index (χ3n) is 2.79. The first-order chi connectivity index (χ1) is 9.29.